The molecule has 0 aliphatic heterocycles. The van der Waals surface area contributed by atoms with Crippen molar-refractivity contribution in [2.45, 2.75) is 0 Å². The maximum absolute atomic E-state index is 7.34. The summed E-state index contributed by atoms with van der Waals surface area (Å²) in [6.07, 6.45) is 5.78. The van der Waals surface area contributed by atoms with Gasteiger partial charge >= 0.3 is 0 Å². The molecule has 1 aromatic carbocycles. The molecule has 98 valence electrons. The molecule has 1 heterocycles. The number of nitrogens with one attached hydrogen (secondary N) is 2. The van der Waals surface area contributed by atoms with Gasteiger partial charge in [-0.1, -0.05) is 30.0 Å². The minimum Gasteiger partial charge on any atom is -0.381 e. The van der Waals surface area contributed by atoms with E-state index in [1.807, 2.05) is 30.3 Å². The van der Waals surface area contributed by atoms with Crippen molar-refractivity contribution in [3.63, 3.8) is 0 Å². The highest BCUT2D eigenvalue weighted by Gasteiger charge is 1.97. The first-order chi connectivity index (χ1) is 9.79. The van der Waals surface area contributed by atoms with Crippen LogP contribution >= 0.6 is 0 Å². The zero-order chi connectivity index (χ0) is 14.2. The molecule has 0 saturated heterocycles. The molecular weight excluding hydrogens is 250 g/mol. The minimum atomic E-state index is 0.295. The highest BCUT2D eigenvalue weighted by Crippen LogP contribution is 2.09. The largest absolute Gasteiger partial charge is 0.381 e. The van der Waals surface area contributed by atoms with Gasteiger partial charge in [0.1, 0.15) is 0 Å². The fourth-order valence-corrected chi connectivity index (χ4v) is 1.39. The molecule has 0 radical (unpaired) electrons. The Labute approximate surface area is 117 Å². The zero-order valence-electron chi connectivity index (χ0n) is 10.7. The van der Waals surface area contributed by atoms with Crippen LogP contribution in [-0.4, -0.2) is 16.2 Å². The summed E-state index contributed by atoms with van der Waals surface area (Å²) in [5, 5.41) is 10.2. The van der Waals surface area contributed by atoms with Crippen LogP contribution in [0.3, 0.4) is 0 Å². The topological polar surface area (TPSA) is 87.7 Å². The first-order valence-electron chi connectivity index (χ1n) is 5.90. The minimum absolute atomic E-state index is 0.295. The van der Waals surface area contributed by atoms with Gasteiger partial charge in [0.05, 0.1) is 5.57 Å². The molecule has 1 aromatic heterocycles. The van der Waals surface area contributed by atoms with Crippen LogP contribution in [0.2, 0.25) is 0 Å². The Morgan fingerprint density at radius 2 is 1.95 bits per heavy atom. The van der Waals surface area contributed by atoms with Crippen molar-refractivity contribution in [3.05, 3.63) is 60.1 Å². The van der Waals surface area contributed by atoms with Crippen molar-refractivity contribution in [2.75, 3.05) is 11.1 Å². The second-order valence-corrected chi connectivity index (χ2v) is 3.79. The van der Waals surface area contributed by atoms with Gasteiger partial charge in [-0.2, -0.15) is 0 Å². The van der Waals surface area contributed by atoms with E-state index in [1.165, 1.54) is 12.4 Å². The number of nitrogen functional groups attached to an aromatic ring is 1. The van der Waals surface area contributed by atoms with Gasteiger partial charge in [-0.05, 0) is 12.1 Å². The molecule has 0 atom stereocenters. The number of rotatable bonds is 3. The van der Waals surface area contributed by atoms with Crippen molar-refractivity contribution in [3.8, 4) is 11.8 Å². The first kappa shape index (κ1) is 13.3. The van der Waals surface area contributed by atoms with E-state index >= 15 is 0 Å². The van der Waals surface area contributed by atoms with Crippen LogP contribution in [0.1, 0.15) is 5.56 Å². The van der Waals surface area contributed by atoms with Gasteiger partial charge in [-0.25, -0.2) is 9.97 Å². The lowest BCUT2D eigenvalue weighted by Crippen LogP contribution is -2.00. The predicted octanol–water partition coefficient (Wildman–Crippen LogP) is 2.06. The third kappa shape index (κ3) is 3.68. The summed E-state index contributed by atoms with van der Waals surface area (Å²) in [5.74, 6) is 6.60. The number of aromatic nitrogens is 2. The van der Waals surface area contributed by atoms with Gasteiger partial charge in [0, 0.05) is 30.4 Å². The highest BCUT2D eigenvalue weighted by atomic mass is 15.0. The number of hydrogen-bond acceptors (Lipinski definition) is 5. The zero-order valence-corrected chi connectivity index (χ0v) is 10.7. The average molecular weight is 263 g/mol. The number of benzene rings is 1. The van der Waals surface area contributed by atoms with Crippen molar-refractivity contribution >= 4 is 17.9 Å². The summed E-state index contributed by atoms with van der Waals surface area (Å²) in [5.41, 5.74) is 7.06. The van der Waals surface area contributed by atoms with Gasteiger partial charge in [-0.3, -0.25) is 0 Å². The van der Waals surface area contributed by atoms with Crippen molar-refractivity contribution in [2.24, 2.45) is 0 Å². The smallest absolute Gasteiger partial charge is 0.172 e. The van der Waals surface area contributed by atoms with Gasteiger partial charge in [-0.15, -0.1) is 0 Å². The SMILES string of the molecule is N=C/C(C#Cc1ccccc1)=C\Nc1nccnc1N. The molecule has 4 N–H and O–H groups in total. The van der Waals surface area contributed by atoms with Crippen LogP contribution < -0.4 is 11.1 Å². The molecule has 20 heavy (non-hydrogen) atoms. The molecule has 2 rings (SSSR count). The predicted molar refractivity (Wildman–Crippen MR) is 80.3 cm³/mol. The average Bonchev–Trinajstić information content (AvgIpc) is 2.50. The fourth-order valence-electron chi connectivity index (χ4n) is 1.39. The van der Waals surface area contributed by atoms with E-state index in [1.54, 1.807) is 6.20 Å². The summed E-state index contributed by atoms with van der Waals surface area (Å²) in [4.78, 5) is 7.94. The van der Waals surface area contributed by atoms with E-state index in [0.29, 0.717) is 17.2 Å². The van der Waals surface area contributed by atoms with E-state index in [9.17, 15) is 0 Å². The molecular formula is C15H13N5. The molecule has 0 aliphatic rings. The summed E-state index contributed by atoms with van der Waals surface area (Å²) in [6, 6.07) is 9.56. The molecule has 0 aliphatic carbocycles. The third-order valence-corrected chi connectivity index (χ3v) is 2.37. The first-order valence-corrected chi connectivity index (χ1v) is 5.90. The number of nitrogens with zero attached hydrogens (tertiary/aromatic N) is 2. The van der Waals surface area contributed by atoms with E-state index < -0.39 is 0 Å². The fraction of sp³-hybridized carbons (Fsp3) is 0. The lowest BCUT2D eigenvalue weighted by Gasteiger charge is -2.01. The van der Waals surface area contributed by atoms with Crippen LogP contribution in [0.5, 0.6) is 0 Å². The van der Waals surface area contributed by atoms with Gasteiger partial charge in [0.25, 0.3) is 0 Å². The molecule has 5 nitrogen and oxygen atoms in total. The van der Waals surface area contributed by atoms with Crippen LogP contribution in [0.4, 0.5) is 11.6 Å². The van der Waals surface area contributed by atoms with Gasteiger partial charge < -0.3 is 16.5 Å². The van der Waals surface area contributed by atoms with Gasteiger partial charge in [0.2, 0.25) is 0 Å². The van der Waals surface area contributed by atoms with Crippen LogP contribution in [0, 0.1) is 17.3 Å². The van der Waals surface area contributed by atoms with Crippen LogP contribution in [0.25, 0.3) is 0 Å². The summed E-state index contributed by atoms with van der Waals surface area (Å²) in [6.45, 7) is 0. The van der Waals surface area contributed by atoms with Crippen molar-refractivity contribution < 1.29 is 0 Å². The number of hydrogen-bond donors (Lipinski definition) is 3. The highest BCUT2D eigenvalue weighted by molar-refractivity contribution is 5.83. The Kier molecular flexibility index (Phi) is 4.46. The van der Waals surface area contributed by atoms with Crippen molar-refractivity contribution in [1.29, 1.82) is 5.41 Å². The second kappa shape index (κ2) is 6.71. The number of allylic oxidation sites excluding steroid dienone is 1. The van der Waals surface area contributed by atoms with E-state index in [0.717, 1.165) is 11.8 Å². The Morgan fingerprint density at radius 1 is 1.20 bits per heavy atom. The molecule has 0 spiro atoms. The maximum atomic E-state index is 7.34. The van der Waals surface area contributed by atoms with E-state index in [-0.39, 0.29) is 0 Å². The maximum Gasteiger partial charge on any atom is 0.172 e. The number of nitrogens with two attached hydrogens (primary N) is 1. The quantitative estimate of drug-likeness (QED) is 0.584. The third-order valence-electron chi connectivity index (χ3n) is 2.37. The van der Waals surface area contributed by atoms with Crippen LogP contribution in [-0.2, 0) is 0 Å². The monoisotopic (exact) mass is 263 g/mol. The Bertz CT molecular complexity index is 680. The molecule has 0 saturated carbocycles. The summed E-state index contributed by atoms with van der Waals surface area (Å²) in [7, 11) is 0. The molecule has 2 aromatic rings. The molecule has 0 unspecified atom stereocenters. The Morgan fingerprint density at radius 3 is 2.65 bits per heavy atom. The standard InChI is InChI=1S/C15H13N5/c16-10-13(7-6-12-4-2-1-3-5-12)11-20-15-14(17)18-8-9-19-15/h1-5,8-11,16H,(H2,17,18)(H,19,20)/b13-11-,16-10?. The molecule has 0 amide bonds. The summed E-state index contributed by atoms with van der Waals surface area (Å²) < 4.78 is 0. The molecule has 0 bridgehead atoms. The van der Waals surface area contributed by atoms with E-state index in [4.69, 9.17) is 11.1 Å². The van der Waals surface area contributed by atoms with Crippen LogP contribution in [0.15, 0.2) is 54.5 Å². The lowest BCUT2D eigenvalue weighted by molar-refractivity contribution is 1.21. The molecule has 5 heteroatoms. The lowest BCUT2D eigenvalue weighted by atomic mass is 10.2. The Hall–Kier alpha value is -3.13. The molecule has 0 fully saturated rings. The summed E-state index contributed by atoms with van der Waals surface area (Å²) >= 11 is 0. The second-order valence-electron chi connectivity index (χ2n) is 3.79. The van der Waals surface area contributed by atoms with Gasteiger partial charge in [0.15, 0.2) is 11.6 Å². The van der Waals surface area contributed by atoms with Crippen molar-refractivity contribution in [1.82, 2.24) is 9.97 Å². The normalized spacial score (nSPS) is 10.3. The number of anilines is 2. The van der Waals surface area contributed by atoms with E-state index in [2.05, 4.69) is 27.1 Å². The Balaban J connectivity index is 2.13.